The zero-order valence-electron chi connectivity index (χ0n) is 10.5. The first kappa shape index (κ1) is 13.4. The van der Waals surface area contributed by atoms with Crippen molar-refractivity contribution in [1.29, 1.82) is 0 Å². The van der Waals surface area contributed by atoms with Crippen LogP contribution in [0.5, 0.6) is 0 Å². The molecule has 0 aliphatic carbocycles. The maximum Gasteiger partial charge on any atom is 0.125 e. The summed E-state index contributed by atoms with van der Waals surface area (Å²) in [5.74, 6) is 0.747. The van der Waals surface area contributed by atoms with Crippen LogP contribution < -0.4 is 0 Å². The molecule has 102 valence electrons. The number of fused-ring (bicyclic) bond motifs is 1. The zero-order chi connectivity index (χ0) is 14.1. The molecule has 0 aliphatic rings. The third-order valence-corrected chi connectivity index (χ3v) is 3.70. The molecule has 3 rings (SSSR count). The Kier molecular flexibility index (Phi) is 3.64. The summed E-state index contributed by atoms with van der Waals surface area (Å²) >= 11 is 12.1. The summed E-state index contributed by atoms with van der Waals surface area (Å²) in [5, 5.41) is 0.590. The van der Waals surface area contributed by atoms with E-state index >= 15 is 0 Å². The number of hydrogen-bond donors (Lipinski definition) is 0. The van der Waals surface area contributed by atoms with Gasteiger partial charge in [0.15, 0.2) is 0 Å². The molecule has 0 atom stereocenters. The van der Waals surface area contributed by atoms with Crippen LogP contribution in [-0.4, -0.2) is 9.55 Å². The summed E-state index contributed by atoms with van der Waals surface area (Å²) < 4.78 is 15.2. The van der Waals surface area contributed by atoms with E-state index in [-0.39, 0.29) is 11.7 Å². The van der Waals surface area contributed by atoms with Gasteiger partial charge < -0.3 is 4.57 Å². The Morgan fingerprint density at radius 3 is 2.70 bits per heavy atom. The summed E-state index contributed by atoms with van der Waals surface area (Å²) in [6.45, 7) is 0.511. The van der Waals surface area contributed by atoms with Crippen molar-refractivity contribution in [2.24, 2.45) is 0 Å². The lowest BCUT2D eigenvalue weighted by atomic mass is 10.2. The first-order valence-electron chi connectivity index (χ1n) is 6.13. The fourth-order valence-corrected chi connectivity index (χ4v) is 2.67. The quantitative estimate of drug-likeness (QED) is 0.646. The monoisotopic (exact) mass is 308 g/mol. The minimum absolute atomic E-state index is 0.252. The van der Waals surface area contributed by atoms with Gasteiger partial charge in [0.05, 0.1) is 16.4 Å². The van der Waals surface area contributed by atoms with Crippen molar-refractivity contribution >= 4 is 34.2 Å². The summed E-state index contributed by atoms with van der Waals surface area (Å²) in [4.78, 5) is 4.45. The second-order valence-electron chi connectivity index (χ2n) is 4.49. The Morgan fingerprint density at radius 2 is 1.95 bits per heavy atom. The molecule has 0 spiro atoms. The standard InChI is InChI=1S/C15H11Cl2FN2/c16-8-14-19-15-12(17)5-2-6-13(15)20(14)9-10-3-1-4-11(18)7-10/h1-7H,8-9H2. The lowest BCUT2D eigenvalue weighted by molar-refractivity contribution is 0.623. The van der Waals surface area contributed by atoms with E-state index in [4.69, 9.17) is 23.2 Å². The van der Waals surface area contributed by atoms with Gasteiger partial charge in [-0.3, -0.25) is 0 Å². The molecular formula is C15H11Cl2FN2. The Hall–Kier alpha value is -1.58. The average Bonchev–Trinajstić information content (AvgIpc) is 2.79. The van der Waals surface area contributed by atoms with Crippen LogP contribution in [0.3, 0.4) is 0 Å². The van der Waals surface area contributed by atoms with E-state index in [1.807, 2.05) is 22.8 Å². The van der Waals surface area contributed by atoms with E-state index in [0.717, 1.165) is 22.4 Å². The van der Waals surface area contributed by atoms with Crippen LogP contribution >= 0.6 is 23.2 Å². The van der Waals surface area contributed by atoms with Crippen LogP contribution in [0.25, 0.3) is 11.0 Å². The van der Waals surface area contributed by atoms with Crippen LogP contribution in [0.15, 0.2) is 42.5 Å². The highest BCUT2D eigenvalue weighted by Gasteiger charge is 2.12. The smallest absolute Gasteiger partial charge is 0.125 e. The van der Waals surface area contributed by atoms with Crippen molar-refractivity contribution in [3.8, 4) is 0 Å². The number of para-hydroxylation sites is 1. The third kappa shape index (κ3) is 2.39. The molecule has 0 saturated heterocycles. The molecule has 1 aromatic heterocycles. The number of alkyl halides is 1. The van der Waals surface area contributed by atoms with Crippen LogP contribution in [0.2, 0.25) is 5.02 Å². The molecule has 2 nitrogen and oxygen atoms in total. The number of halogens is 3. The summed E-state index contributed by atoms with van der Waals surface area (Å²) in [6, 6.07) is 12.1. The number of rotatable bonds is 3. The van der Waals surface area contributed by atoms with Crippen molar-refractivity contribution in [3.05, 3.63) is 64.7 Å². The van der Waals surface area contributed by atoms with Crippen LogP contribution in [0.4, 0.5) is 4.39 Å². The first-order valence-corrected chi connectivity index (χ1v) is 7.04. The highest BCUT2D eigenvalue weighted by Crippen LogP contribution is 2.25. The molecule has 0 unspecified atom stereocenters. The lowest BCUT2D eigenvalue weighted by Gasteiger charge is -2.08. The molecule has 0 bridgehead atoms. The molecule has 5 heteroatoms. The van der Waals surface area contributed by atoms with Crippen molar-refractivity contribution in [3.63, 3.8) is 0 Å². The molecular weight excluding hydrogens is 298 g/mol. The van der Waals surface area contributed by atoms with Gasteiger partial charge in [0.2, 0.25) is 0 Å². The van der Waals surface area contributed by atoms with E-state index in [1.165, 1.54) is 12.1 Å². The fraction of sp³-hybridized carbons (Fsp3) is 0.133. The van der Waals surface area contributed by atoms with E-state index < -0.39 is 0 Å². The van der Waals surface area contributed by atoms with Gasteiger partial charge in [-0.2, -0.15) is 0 Å². The molecule has 0 N–H and O–H groups in total. The molecule has 0 saturated carbocycles. The van der Waals surface area contributed by atoms with Crippen LogP contribution in [0.1, 0.15) is 11.4 Å². The number of imidazole rings is 1. The second-order valence-corrected chi connectivity index (χ2v) is 5.16. The predicted octanol–water partition coefficient (Wildman–Crippen LogP) is 4.62. The van der Waals surface area contributed by atoms with E-state index in [0.29, 0.717) is 11.6 Å². The SMILES string of the molecule is Fc1cccc(Cn2c(CCl)nc3c(Cl)cccc32)c1. The van der Waals surface area contributed by atoms with Gasteiger partial charge in [-0.15, -0.1) is 11.6 Å². The molecule has 0 amide bonds. The van der Waals surface area contributed by atoms with Gasteiger partial charge in [-0.05, 0) is 29.8 Å². The van der Waals surface area contributed by atoms with Gasteiger partial charge in [-0.25, -0.2) is 9.37 Å². The zero-order valence-corrected chi connectivity index (χ0v) is 12.0. The van der Waals surface area contributed by atoms with Crippen molar-refractivity contribution in [1.82, 2.24) is 9.55 Å². The molecule has 0 fully saturated rings. The van der Waals surface area contributed by atoms with Gasteiger partial charge in [-0.1, -0.05) is 29.8 Å². The number of hydrogen-bond acceptors (Lipinski definition) is 1. The predicted molar refractivity (Wildman–Crippen MR) is 79.8 cm³/mol. The van der Waals surface area contributed by atoms with Gasteiger partial charge >= 0.3 is 0 Å². The van der Waals surface area contributed by atoms with E-state index in [1.54, 1.807) is 12.1 Å². The maximum absolute atomic E-state index is 13.3. The van der Waals surface area contributed by atoms with Crippen molar-refractivity contribution in [2.75, 3.05) is 0 Å². The number of nitrogens with zero attached hydrogens (tertiary/aromatic N) is 2. The van der Waals surface area contributed by atoms with Gasteiger partial charge in [0.25, 0.3) is 0 Å². The minimum atomic E-state index is -0.252. The average molecular weight is 309 g/mol. The summed E-state index contributed by atoms with van der Waals surface area (Å²) in [6.07, 6.45) is 0. The van der Waals surface area contributed by atoms with Crippen LogP contribution in [0, 0.1) is 5.82 Å². The molecule has 0 radical (unpaired) electrons. The molecule has 3 aromatic rings. The number of aromatic nitrogens is 2. The molecule has 0 aliphatic heterocycles. The largest absolute Gasteiger partial charge is 0.322 e. The Bertz CT molecular complexity index is 768. The number of benzene rings is 2. The fourth-order valence-electron chi connectivity index (χ4n) is 2.26. The Morgan fingerprint density at radius 1 is 1.15 bits per heavy atom. The Labute approximate surface area is 125 Å². The van der Waals surface area contributed by atoms with E-state index in [2.05, 4.69) is 4.98 Å². The highest BCUT2D eigenvalue weighted by molar-refractivity contribution is 6.35. The maximum atomic E-state index is 13.3. The molecule has 2 aromatic carbocycles. The van der Waals surface area contributed by atoms with Gasteiger partial charge in [0, 0.05) is 6.54 Å². The lowest BCUT2D eigenvalue weighted by Crippen LogP contribution is -2.04. The topological polar surface area (TPSA) is 17.8 Å². The summed E-state index contributed by atoms with van der Waals surface area (Å²) in [5.41, 5.74) is 2.48. The highest BCUT2D eigenvalue weighted by atomic mass is 35.5. The van der Waals surface area contributed by atoms with Gasteiger partial charge in [0.1, 0.15) is 17.2 Å². The second kappa shape index (κ2) is 5.43. The van der Waals surface area contributed by atoms with Crippen molar-refractivity contribution < 1.29 is 4.39 Å². The Balaban J connectivity index is 2.12. The normalized spacial score (nSPS) is 11.2. The molecule has 20 heavy (non-hydrogen) atoms. The minimum Gasteiger partial charge on any atom is -0.322 e. The first-order chi connectivity index (χ1) is 9.69. The summed E-state index contributed by atoms with van der Waals surface area (Å²) in [7, 11) is 0. The van der Waals surface area contributed by atoms with Crippen LogP contribution in [-0.2, 0) is 12.4 Å². The third-order valence-electron chi connectivity index (χ3n) is 3.16. The van der Waals surface area contributed by atoms with E-state index in [9.17, 15) is 4.39 Å². The molecule has 1 heterocycles. The van der Waals surface area contributed by atoms with Crippen molar-refractivity contribution in [2.45, 2.75) is 12.4 Å².